The second kappa shape index (κ2) is 2.22. The van der Waals surface area contributed by atoms with Crippen molar-refractivity contribution in [1.82, 2.24) is 9.24 Å². The molecule has 56 valence electrons. The number of nitrogens with zero attached hydrogens (tertiary/aromatic N) is 1. The molecule has 1 heterocycles. The number of halogens is 1. The van der Waals surface area contributed by atoms with E-state index in [0.29, 0.717) is 0 Å². The van der Waals surface area contributed by atoms with Crippen LogP contribution in [-0.2, 0) is 0 Å². The number of hydrogen-bond acceptors (Lipinski definition) is 3. The molecule has 0 saturated carbocycles. The van der Waals surface area contributed by atoms with Gasteiger partial charge in [-0.1, -0.05) is 0 Å². The predicted molar refractivity (Wildman–Crippen MR) is 37.6 cm³/mol. The van der Waals surface area contributed by atoms with Crippen molar-refractivity contribution in [2.24, 2.45) is 5.73 Å². The maximum absolute atomic E-state index is 10.7. The highest BCUT2D eigenvalue weighted by molar-refractivity contribution is 9.07. The van der Waals surface area contributed by atoms with Crippen molar-refractivity contribution < 1.29 is 9.90 Å². The molecule has 0 aromatic rings. The second-order valence-corrected chi connectivity index (χ2v) is 2.56. The molecule has 0 aromatic carbocycles. The summed E-state index contributed by atoms with van der Waals surface area (Å²) in [6, 6.07) is -0.507. The van der Waals surface area contributed by atoms with Gasteiger partial charge in [0.2, 0.25) is 5.85 Å². The van der Waals surface area contributed by atoms with Crippen molar-refractivity contribution in [3.05, 3.63) is 12.3 Å². The molecule has 0 fully saturated rings. The second-order valence-electron chi connectivity index (χ2n) is 1.85. The van der Waals surface area contributed by atoms with Gasteiger partial charge in [0.1, 0.15) is 0 Å². The summed E-state index contributed by atoms with van der Waals surface area (Å²) in [4.78, 5) is 10.7. The Hall–Kier alpha value is -0.590. The van der Waals surface area contributed by atoms with E-state index in [1.54, 1.807) is 0 Å². The van der Waals surface area contributed by atoms with Gasteiger partial charge in [-0.2, -0.15) is 0 Å². The van der Waals surface area contributed by atoms with Crippen LogP contribution in [0.4, 0.5) is 4.79 Å². The molecule has 1 rings (SSSR count). The molecule has 4 N–H and O–H groups in total. The Morgan fingerprint density at radius 2 is 2.50 bits per heavy atom. The minimum absolute atomic E-state index is 0.507. The van der Waals surface area contributed by atoms with Gasteiger partial charge in [-0.05, 0) is 0 Å². The molecule has 5 nitrogen and oxygen atoms in total. The summed E-state index contributed by atoms with van der Waals surface area (Å²) in [5.41, 5.74) is 5.20. The van der Waals surface area contributed by atoms with Crippen molar-refractivity contribution in [2.45, 2.75) is 5.85 Å². The van der Waals surface area contributed by atoms with Gasteiger partial charge in [0.05, 0.1) is 16.1 Å². The van der Waals surface area contributed by atoms with Crippen LogP contribution in [0, 0.1) is 0 Å². The van der Waals surface area contributed by atoms with E-state index >= 15 is 0 Å². The highest BCUT2D eigenvalue weighted by Crippen LogP contribution is 2.15. The quantitative estimate of drug-likeness (QED) is 0.368. The zero-order valence-corrected chi connectivity index (χ0v) is 6.50. The lowest BCUT2D eigenvalue weighted by atomic mass is 10.4. The SMILES string of the molecule is NC1(O)C=CNC(=O)N1Br. The van der Waals surface area contributed by atoms with Crippen molar-refractivity contribution in [1.29, 1.82) is 0 Å². The first kappa shape index (κ1) is 7.52. The maximum Gasteiger partial charge on any atom is 0.335 e. The number of nitrogens with one attached hydrogen (secondary N) is 1. The van der Waals surface area contributed by atoms with E-state index < -0.39 is 11.9 Å². The lowest BCUT2D eigenvalue weighted by Gasteiger charge is -2.30. The molecule has 2 amide bonds. The first-order valence-electron chi connectivity index (χ1n) is 2.49. The number of rotatable bonds is 0. The van der Waals surface area contributed by atoms with E-state index in [1.165, 1.54) is 12.3 Å². The number of urea groups is 1. The summed E-state index contributed by atoms with van der Waals surface area (Å²) in [7, 11) is 0. The van der Waals surface area contributed by atoms with Crippen molar-refractivity contribution in [3.63, 3.8) is 0 Å². The Kier molecular flexibility index (Phi) is 1.67. The van der Waals surface area contributed by atoms with Crippen LogP contribution in [0.2, 0.25) is 0 Å². The molecule has 0 aromatic heterocycles. The van der Waals surface area contributed by atoms with E-state index in [2.05, 4.69) is 21.5 Å². The zero-order valence-electron chi connectivity index (χ0n) is 4.91. The van der Waals surface area contributed by atoms with Gasteiger partial charge in [0, 0.05) is 12.3 Å². The lowest BCUT2D eigenvalue weighted by Crippen LogP contribution is -2.57. The average Bonchev–Trinajstić information content (AvgIpc) is 1.83. The highest BCUT2D eigenvalue weighted by atomic mass is 79.9. The smallest absolute Gasteiger partial charge is 0.335 e. The Balaban J connectivity index is 2.87. The molecular formula is C4H6BrN3O2. The van der Waals surface area contributed by atoms with E-state index in [1.807, 2.05) is 0 Å². The maximum atomic E-state index is 10.7. The topological polar surface area (TPSA) is 78.6 Å². The van der Waals surface area contributed by atoms with E-state index in [0.717, 1.165) is 3.93 Å². The average molecular weight is 208 g/mol. The normalized spacial score (nSPS) is 32.3. The van der Waals surface area contributed by atoms with E-state index in [4.69, 9.17) is 10.8 Å². The summed E-state index contributed by atoms with van der Waals surface area (Å²) in [6.45, 7) is 0. The molecule has 1 aliphatic rings. The van der Waals surface area contributed by atoms with Crippen LogP contribution in [-0.4, -0.2) is 20.9 Å². The third-order valence-corrected chi connectivity index (χ3v) is 1.92. The summed E-state index contributed by atoms with van der Waals surface area (Å²) < 4.78 is 0.806. The number of aliphatic hydroxyl groups is 1. The number of carbonyl (C=O) groups excluding carboxylic acids is 1. The highest BCUT2D eigenvalue weighted by Gasteiger charge is 2.32. The van der Waals surface area contributed by atoms with Crippen molar-refractivity contribution in [2.75, 3.05) is 0 Å². The van der Waals surface area contributed by atoms with Crippen molar-refractivity contribution >= 4 is 22.2 Å². The van der Waals surface area contributed by atoms with Gasteiger partial charge in [0.25, 0.3) is 0 Å². The fourth-order valence-electron chi connectivity index (χ4n) is 0.520. The summed E-state index contributed by atoms with van der Waals surface area (Å²) in [5, 5.41) is 11.4. The molecule has 10 heavy (non-hydrogen) atoms. The standard InChI is InChI=1S/C4H6BrN3O2/c5-8-3(9)7-2-1-4(8,6)10/h1-2,10H,6H2,(H,7,9). The third kappa shape index (κ3) is 1.13. The van der Waals surface area contributed by atoms with Crippen molar-refractivity contribution in [3.8, 4) is 0 Å². The Morgan fingerprint density at radius 3 is 2.90 bits per heavy atom. The molecule has 6 heteroatoms. The van der Waals surface area contributed by atoms with Crippen LogP contribution < -0.4 is 11.1 Å². The van der Waals surface area contributed by atoms with Crippen LogP contribution in [0.15, 0.2) is 12.3 Å². The minimum Gasteiger partial charge on any atom is -0.355 e. The van der Waals surface area contributed by atoms with Gasteiger partial charge in [-0.3, -0.25) is 5.73 Å². The fraction of sp³-hybridized carbons (Fsp3) is 0.250. The van der Waals surface area contributed by atoms with Crippen LogP contribution in [0.25, 0.3) is 0 Å². The van der Waals surface area contributed by atoms with Gasteiger partial charge < -0.3 is 10.4 Å². The number of amides is 2. The monoisotopic (exact) mass is 207 g/mol. The molecule has 0 spiro atoms. The molecule has 0 radical (unpaired) electrons. The van der Waals surface area contributed by atoms with E-state index in [9.17, 15) is 4.79 Å². The summed E-state index contributed by atoms with van der Waals surface area (Å²) in [5.74, 6) is -1.73. The lowest BCUT2D eigenvalue weighted by molar-refractivity contribution is 0.0168. The first-order valence-corrected chi connectivity index (χ1v) is 3.20. The first-order chi connectivity index (χ1) is 4.54. The molecule has 1 aliphatic heterocycles. The van der Waals surface area contributed by atoms with Gasteiger partial charge >= 0.3 is 6.03 Å². The van der Waals surface area contributed by atoms with E-state index in [-0.39, 0.29) is 0 Å². The van der Waals surface area contributed by atoms with Crippen LogP contribution in [0.5, 0.6) is 0 Å². The Labute approximate surface area is 65.8 Å². The minimum atomic E-state index is -1.73. The largest absolute Gasteiger partial charge is 0.355 e. The molecule has 0 saturated heterocycles. The van der Waals surface area contributed by atoms with Gasteiger partial charge in [-0.25, -0.2) is 8.72 Å². The molecule has 0 aliphatic carbocycles. The van der Waals surface area contributed by atoms with Gasteiger partial charge in [-0.15, -0.1) is 0 Å². The Morgan fingerprint density at radius 1 is 1.90 bits per heavy atom. The van der Waals surface area contributed by atoms with Gasteiger partial charge in [0.15, 0.2) is 0 Å². The third-order valence-electron chi connectivity index (χ3n) is 1.03. The summed E-state index contributed by atoms with van der Waals surface area (Å²) >= 11 is 2.77. The van der Waals surface area contributed by atoms with Crippen LogP contribution >= 0.6 is 16.1 Å². The number of hydrogen-bond donors (Lipinski definition) is 3. The molecule has 0 bridgehead atoms. The van der Waals surface area contributed by atoms with Crippen LogP contribution in [0.1, 0.15) is 0 Å². The molecule has 1 atom stereocenters. The molecular weight excluding hydrogens is 202 g/mol. The zero-order chi connectivity index (χ0) is 7.78. The number of carbonyl (C=O) groups is 1. The fourth-order valence-corrected chi connectivity index (χ4v) is 0.741. The number of nitrogens with two attached hydrogens (primary N) is 1. The van der Waals surface area contributed by atoms with Crippen LogP contribution in [0.3, 0.4) is 0 Å². The summed E-state index contributed by atoms with van der Waals surface area (Å²) in [6.07, 6.45) is 2.52. The predicted octanol–water partition coefficient (Wildman–Crippen LogP) is -0.560. The Bertz CT molecular complexity index is 191. The molecule has 1 unspecified atom stereocenters.